The van der Waals surface area contributed by atoms with Crippen LogP contribution in [0.2, 0.25) is 0 Å². The van der Waals surface area contributed by atoms with E-state index in [1.165, 1.54) is 18.9 Å². The topological polar surface area (TPSA) is 98.2 Å². The Balaban J connectivity index is 2.67. The van der Waals surface area contributed by atoms with Crippen molar-refractivity contribution in [3.8, 4) is 0 Å². The van der Waals surface area contributed by atoms with Crippen LogP contribution in [0.1, 0.15) is 32.6 Å². The second-order valence-electron chi connectivity index (χ2n) is 4.25. The highest BCUT2D eigenvalue weighted by Crippen LogP contribution is 2.25. The van der Waals surface area contributed by atoms with Gasteiger partial charge in [0.15, 0.2) is 0 Å². The van der Waals surface area contributed by atoms with Crippen molar-refractivity contribution < 1.29 is 8.42 Å². The number of rotatable bonds is 7. The number of nitrogens with two attached hydrogens (primary N) is 2. The van der Waals surface area contributed by atoms with Gasteiger partial charge in [-0.3, -0.25) is 0 Å². The third-order valence-electron chi connectivity index (χ3n) is 2.72. The molecule has 5 nitrogen and oxygen atoms in total. The first-order valence-electron chi connectivity index (χ1n) is 6.12. The third kappa shape index (κ3) is 4.19. The average Bonchev–Trinajstić information content (AvgIpc) is 2.29. The van der Waals surface area contributed by atoms with Gasteiger partial charge in [0.25, 0.3) is 0 Å². The lowest BCUT2D eigenvalue weighted by Crippen LogP contribution is -2.15. The minimum atomic E-state index is -3.76. The van der Waals surface area contributed by atoms with Gasteiger partial charge in [-0.05, 0) is 18.6 Å². The molecule has 1 aromatic rings. The normalized spacial score (nSPS) is 11.4. The molecule has 0 aliphatic carbocycles. The minimum absolute atomic E-state index is 0.0268. The Morgan fingerprint density at radius 3 is 2.56 bits per heavy atom. The summed E-state index contributed by atoms with van der Waals surface area (Å²) in [5.74, 6) is 0. The Labute approximate surface area is 109 Å². The molecular weight excluding hydrogens is 250 g/mol. The summed E-state index contributed by atoms with van der Waals surface area (Å²) in [5, 5.41) is 8.22. The maximum absolute atomic E-state index is 11.3. The molecule has 0 heterocycles. The molecule has 6 heteroatoms. The zero-order chi connectivity index (χ0) is 13.6. The number of hydrogen-bond acceptors (Lipinski definition) is 4. The lowest BCUT2D eigenvalue weighted by atomic mass is 10.2. The number of hydrogen-bond donors (Lipinski definition) is 3. The van der Waals surface area contributed by atoms with Gasteiger partial charge in [-0.1, -0.05) is 32.3 Å². The Morgan fingerprint density at radius 1 is 1.22 bits per heavy atom. The summed E-state index contributed by atoms with van der Waals surface area (Å²) in [6.45, 7) is 2.93. The van der Waals surface area contributed by atoms with Crippen LogP contribution in [0.4, 0.5) is 11.4 Å². The van der Waals surface area contributed by atoms with Crippen molar-refractivity contribution in [3.63, 3.8) is 0 Å². The van der Waals surface area contributed by atoms with Crippen molar-refractivity contribution in [2.45, 2.75) is 37.5 Å². The molecule has 0 amide bonds. The van der Waals surface area contributed by atoms with Crippen LogP contribution in [0, 0.1) is 0 Å². The van der Waals surface area contributed by atoms with Crippen LogP contribution in [0.15, 0.2) is 23.1 Å². The summed E-state index contributed by atoms with van der Waals surface area (Å²) in [6.07, 6.45) is 4.57. The fourth-order valence-corrected chi connectivity index (χ4v) is 2.41. The Hall–Kier alpha value is -1.27. The molecule has 5 N–H and O–H groups in total. The molecule has 0 aliphatic heterocycles. The van der Waals surface area contributed by atoms with E-state index in [9.17, 15) is 8.42 Å². The third-order valence-corrected chi connectivity index (χ3v) is 3.69. The highest BCUT2D eigenvalue weighted by Gasteiger charge is 2.14. The molecule has 0 aromatic heterocycles. The van der Waals surface area contributed by atoms with Crippen LogP contribution in [0.5, 0.6) is 0 Å². The summed E-state index contributed by atoms with van der Waals surface area (Å²) in [6, 6.07) is 4.79. The molecule has 0 spiro atoms. The van der Waals surface area contributed by atoms with E-state index in [1.54, 1.807) is 12.1 Å². The molecule has 1 rings (SSSR count). The SMILES string of the molecule is CCCCCCNc1cccc(S(N)(=O)=O)c1N. The molecule has 0 bridgehead atoms. The lowest BCUT2D eigenvalue weighted by molar-refractivity contribution is 0.598. The Kier molecular flexibility index (Phi) is 5.43. The number of primary sulfonamides is 1. The first-order chi connectivity index (χ1) is 8.46. The molecule has 0 fully saturated rings. The van der Waals surface area contributed by atoms with E-state index in [0.717, 1.165) is 19.4 Å². The zero-order valence-electron chi connectivity index (χ0n) is 10.6. The molecule has 1 aromatic carbocycles. The van der Waals surface area contributed by atoms with Crippen molar-refractivity contribution in [1.29, 1.82) is 0 Å². The molecule has 0 saturated carbocycles. The Morgan fingerprint density at radius 2 is 1.94 bits per heavy atom. The minimum Gasteiger partial charge on any atom is -0.396 e. The monoisotopic (exact) mass is 271 g/mol. The molecule has 18 heavy (non-hydrogen) atoms. The lowest BCUT2D eigenvalue weighted by Gasteiger charge is -2.11. The average molecular weight is 271 g/mol. The maximum Gasteiger partial charge on any atom is 0.240 e. The van der Waals surface area contributed by atoms with E-state index in [-0.39, 0.29) is 10.6 Å². The summed E-state index contributed by atoms with van der Waals surface area (Å²) in [4.78, 5) is -0.0268. The van der Waals surface area contributed by atoms with Gasteiger partial charge < -0.3 is 11.1 Å². The highest BCUT2D eigenvalue weighted by atomic mass is 32.2. The predicted molar refractivity (Wildman–Crippen MR) is 74.9 cm³/mol. The molecule has 0 unspecified atom stereocenters. The van der Waals surface area contributed by atoms with Crippen molar-refractivity contribution >= 4 is 21.4 Å². The summed E-state index contributed by atoms with van der Waals surface area (Å²) < 4.78 is 22.6. The number of nitrogens with one attached hydrogen (secondary N) is 1. The fourth-order valence-electron chi connectivity index (χ4n) is 1.72. The van der Waals surface area contributed by atoms with Crippen molar-refractivity contribution in [3.05, 3.63) is 18.2 Å². The highest BCUT2D eigenvalue weighted by molar-refractivity contribution is 7.89. The van der Waals surface area contributed by atoms with E-state index in [0.29, 0.717) is 5.69 Å². The van der Waals surface area contributed by atoms with Crippen molar-refractivity contribution in [2.75, 3.05) is 17.6 Å². The van der Waals surface area contributed by atoms with Gasteiger partial charge in [-0.25, -0.2) is 13.6 Å². The van der Waals surface area contributed by atoms with Crippen molar-refractivity contribution in [2.24, 2.45) is 5.14 Å². The first kappa shape index (κ1) is 14.8. The second-order valence-corrected chi connectivity index (χ2v) is 5.78. The molecule has 102 valence electrons. The smallest absolute Gasteiger partial charge is 0.240 e. The van der Waals surface area contributed by atoms with E-state index in [1.807, 2.05) is 0 Å². The number of para-hydroxylation sites is 1. The zero-order valence-corrected chi connectivity index (χ0v) is 11.5. The summed E-state index contributed by atoms with van der Waals surface area (Å²) >= 11 is 0. The van der Waals surface area contributed by atoms with Crippen LogP contribution in [-0.2, 0) is 10.0 Å². The summed E-state index contributed by atoms with van der Waals surface area (Å²) in [5.41, 5.74) is 6.60. The maximum atomic E-state index is 11.3. The fraction of sp³-hybridized carbons (Fsp3) is 0.500. The van der Waals surface area contributed by atoms with Gasteiger partial charge in [0, 0.05) is 6.54 Å². The van der Waals surface area contributed by atoms with E-state index < -0.39 is 10.0 Å². The van der Waals surface area contributed by atoms with Crippen LogP contribution in [0.3, 0.4) is 0 Å². The van der Waals surface area contributed by atoms with Gasteiger partial charge in [0.05, 0.1) is 11.4 Å². The summed E-state index contributed by atoms with van der Waals surface area (Å²) in [7, 11) is -3.76. The molecule has 0 aliphatic rings. The molecule has 0 atom stereocenters. The van der Waals surface area contributed by atoms with E-state index in [4.69, 9.17) is 10.9 Å². The second kappa shape index (κ2) is 6.61. The predicted octanol–water partition coefficient (Wildman–Crippen LogP) is 1.91. The van der Waals surface area contributed by atoms with Crippen LogP contribution in [-0.4, -0.2) is 15.0 Å². The molecule has 0 radical (unpaired) electrons. The van der Waals surface area contributed by atoms with Gasteiger partial charge in [0.2, 0.25) is 10.0 Å². The molecule has 0 saturated heterocycles. The largest absolute Gasteiger partial charge is 0.396 e. The Bertz CT molecular complexity index is 486. The van der Waals surface area contributed by atoms with Gasteiger partial charge >= 0.3 is 0 Å². The first-order valence-corrected chi connectivity index (χ1v) is 7.66. The number of sulfonamides is 1. The number of nitrogen functional groups attached to an aromatic ring is 1. The van der Waals surface area contributed by atoms with Crippen molar-refractivity contribution in [1.82, 2.24) is 0 Å². The van der Waals surface area contributed by atoms with Crippen LogP contribution in [0.25, 0.3) is 0 Å². The quantitative estimate of drug-likeness (QED) is 0.521. The van der Waals surface area contributed by atoms with E-state index in [2.05, 4.69) is 12.2 Å². The van der Waals surface area contributed by atoms with Gasteiger partial charge in [0.1, 0.15) is 4.90 Å². The van der Waals surface area contributed by atoms with Gasteiger partial charge in [-0.2, -0.15) is 0 Å². The van der Waals surface area contributed by atoms with Gasteiger partial charge in [-0.15, -0.1) is 0 Å². The number of benzene rings is 1. The number of unbranched alkanes of at least 4 members (excludes halogenated alkanes) is 3. The van der Waals surface area contributed by atoms with Crippen LogP contribution < -0.4 is 16.2 Å². The van der Waals surface area contributed by atoms with Crippen LogP contribution >= 0.6 is 0 Å². The number of anilines is 2. The molecular formula is C12H21N3O2S. The standard InChI is InChI=1S/C12H21N3O2S/c1-2-3-4-5-9-15-10-7-6-8-11(12(10)13)18(14,16)17/h6-8,15H,2-5,9,13H2,1H3,(H2,14,16,17). The van der Waals surface area contributed by atoms with E-state index >= 15 is 0 Å².